The molecule has 0 saturated heterocycles. The van der Waals surface area contributed by atoms with E-state index in [2.05, 4.69) is 5.73 Å². The number of hydrogen-bond donors (Lipinski definition) is 0. The van der Waals surface area contributed by atoms with E-state index >= 15 is 0 Å². The maximum Gasteiger partial charge on any atom is 0.361 e. The lowest BCUT2D eigenvalue weighted by Crippen LogP contribution is -1.96. The molecule has 0 aliphatic heterocycles. The van der Waals surface area contributed by atoms with E-state index in [4.69, 9.17) is 9.05 Å². The highest BCUT2D eigenvalue weighted by Crippen LogP contribution is 2.49. The summed E-state index contributed by atoms with van der Waals surface area (Å²) in [4.78, 5) is 0. The van der Waals surface area contributed by atoms with Gasteiger partial charge in [0.25, 0.3) is 0 Å². The third-order valence-corrected chi connectivity index (χ3v) is 4.36. The zero-order chi connectivity index (χ0) is 13.3. The largest absolute Gasteiger partial charge is 0.361 e. The Balaban J connectivity index is 2.69. The van der Waals surface area contributed by atoms with Crippen molar-refractivity contribution in [3.63, 3.8) is 0 Å². The topological polar surface area (TPSA) is 35.5 Å². The number of allylic oxidation sites excluding steroid dienone is 1. The molecule has 1 rings (SSSR count). The van der Waals surface area contributed by atoms with Gasteiger partial charge in [-0.1, -0.05) is 20.3 Å². The average Bonchev–Trinajstić information content (AvgIpc) is 2.42. The minimum Gasteiger partial charge on any atom is -0.305 e. The molecule has 3 nitrogen and oxygen atoms in total. The predicted molar refractivity (Wildman–Crippen MR) is 74.8 cm³/mol. The molecule has 1 aliphatic rings. The second-order valence-electron chi connectivity index (χ2n) is 4.64. The van der Waals surface area contributed by atoms with Crippen molar-refractivity contribution in [2.45, 2.75) is 58.8 Å². The van der Waals surface area contributed by atoms with Crippen LogP contribution in [0.5, 0.6) is 0 Å². The van der Waals surface area contributed by atoms with E-state index in [-0.39, 0.29) is 0 Å². The first-order chi connectivity index (χ1) is 8.70. The maximum absolute atomic E-state index is 12.4. The monoisotopic (exact) mass is 272 g/mol. The quantitative estimate of drug-likeness (QED) is 0.481. The number of rotatable bonds is 7. The van der Waals surface area contributed by atoms with Crippen LogP contribution in [0.1, 0.15) is 58.8 Å². The molecule has 0 atom stereocenters. The molecule has 4 heteroatoms. The minimum atomic E-state index is -3.08. The summed E-state index contributed by atoms with van der Waals surface area (Å²) >= 11 is 0. The Hall–Kier alpha value is -0.330. The second kappa shape index (κ2) is 8.72. The van der Waals surface area contributed by atoms with Crippen molar-refractivity contribution >= 4 is 7.60 Å². The molecule has 0 aromatic rings. The lowest BCUT2D eigenvalue weighted by Gasteiger charge is -2.14. The fourth-order valence-electron chi connectivity index (χ4n) is 1.84. The molecule has 0 spiro atoms. The molecule has 0 unspecified atom stereocenters. The smallest absolute Gasteiger partial charge is 0.305 e. The minimum absolute atomic E-state index is 0.467. The van der Waals surface area contributed by atoms with Crippen molar-refractivity contribution in [1.29, 1.82) is 0 Å². The van der Waals surface area contributed by atoms with E-state index in [0.29, 0.717) is 13.2 Å². The fraction of sp³-hybridized carbons (Fsp3) is 0.786. The van der Waals surface area contributed by atoms with Crippen LogP contribution in [0.2, 0.25) is 0 Å². The molecule has 0 aromatic carbocycles. The second-order valence-corrected chi connectivity index (χ2v) is 6.50. The van der Waals surface area contributed by atoms with Gasteiger partial charge in [-0.2, -0.15) is 0 Å². The SMILES string of the molecule is CCCOP(=O)(C=C=C1CCCCC1)OCCC. The summed E-state index contributed by atoms with van der Waals surface area (Å²) in [6, 6.07) is 0. The van der Waals surface area contributed by atoms with E-state index in [0.717, 1.165) is 25.7 Å². The number of hydrogen-bond acceptors (Lipinski definition) is 3. The van der Waals surface area contributed by atoms with E-state index in [9.17, 15) is 4.57 Å². The van der Waals surface area contributed by atoms with Gasteiger partial charge in [0, 0.05) is 0 Å². The van der Waals surface area contributed by atoms with Crippen molar-refractivity contribution in [2.75, 3.05) is 13.2 Å². The zero-order valence-corrected chi connectivity index (χ0v) is 12.5. The van der Waals surface area contributed by atoms with Gasteiger partial charge in [-0.05, 0) is 44.1 Å². The fourth-order valence-corrected chi connectivity index (χ4v) is 3.28. The summed E-state index contributed by atoms with van der Waals surface area (Å²) in [7, 11) is -3.08. The molecule has 1 aliphatic carbocycles. The third kappa shape index (κ3) is 6.02. The van der Waals surface area contributed by atoms with Crippen LogP contribution in [0.4, 0.5) is 0 Å². The Morgan fingerprint density at radius 3 is 2.17 bits per heavy atom. The lowest BCUT2D eigenvalue weighted by atomic mass is 9.96. The average molecular weight is 272 g/mol. The predicted octanol–water partition coefficient (Wildman–Crippen LogP) is 5.04. The molecule has 1 fully saturated rings. The zero-order valence-electron chi connectivity index (χ0n) is 11.6. The molecule has 0 aromatic heterocycles. The molecule has 0 N–H and O–H groups in total. The van der Waals surface area contributed by atoms with Crippen LogP contribution in [0.3, 0.4) is 0 Å². The summed E-state index contributed by atoms with van der Waals surface area (Å²) in [5, 5.41) is 0. The van der Waals surface area contributed by atoms with Gasteiger partial charge < -0.3 is 9.05 Å². The lowest BCUT2D eigenvalue weighted by molar-refractivity contribution is 0.212. The molecule has 0 heterocycles. The molecule has 1 saturated carbocycles. The first-order valence-electron chi connectivity index (χ1n) is 7.04. The van der Waals surface area contributed by atoms with E-state index in [1.807, 2.05) is 13.8 Å². The van der Waals surface area contributed by atoms with Crippen LogP contribution in [-0.2, 0) is 13.6 Å². The Morgan fingerprint density at radius 2 is 1.67 bits per heavy atom. The van der Waals surface area contributed by atoms with Crippen LogP contribution in [-0.4, -0.2) is 13.2 Å². The van der Waals surface area contributed by atoms with Crippen LogP contribution in [0, 0.1) is 0 Å². The summed E-state index contributed by atoms with van der Waals surface area (Å²) < 4.78 is 23.1. The summed E-state index contributed by atoms with van der Waals surface area (Å²) in [6.07, 6.45) is 7.53. The van der Waals surface area contributed by atoms with E-state index < -0.39 is 7.60 Å². The van der Waals surface area contributed by atoms with E-state index in [1.54, 1.807) is 5.82 Å². The van der Waals surface area contributed by atoms with Gasteiger partial charge in [-0.15, -0.1) is 5.73 Å². The van der Waals surface area contributed by atoms with Crippen molar-refractivity contribution in [3.8, 4) is 0 Å². The highest BCUT2D eigenvalue weighted by Gasteiger charge is 2.20. The van der Waals surface area contributed by atoms with Crippen molar-refractivity contribution < 1.29 is 13.6 Å². The van der Waals surface area contributed by atoms with Crippen LogP contribution in [0.25, 0.3) is 0 Å². The third-order valence-electron chi connectivity index (χ3n) is 2.83. The molecule has 104 valence electrons. The van der Waals surface area contributed by atoms with Gasteiger partial charge in [0.1, 0.15) is 0 Å². The van der Waals surface area contributed by atoms with Gasteiger partial charge in [-0.25, -0.2) is 0 Å². The summed E-state index contributed by atoms with van der Waals surface area (Å²) in [6.45, 7) is 4.92. The van der Waals surface area contributed by atoms with Gasteiger partial charge in [-0.3, -0.25) is 4.57 Å². The molecule has 0 radical (unpaired) electrons. The van der Waals surface area contributed by atoms with E-state index in [1.165, 1.54) is 24.8 Å². The van der Waals surface area contributed by atoms with Crippen LogP contribution in [0.15, 0.2) is 17.1 Å². The first-order valence-corrected chi connectivity index (χ1v) is 8.66. The summed E-state index contributed by atoms with van der Waals surface area (Å²) in [5.74, 6) is 1.54. The van der Waals surface area contributed by atoms with Crippen molar-refractivity contribution in [3.05, 3.63) is 17.1 Å². The Kier molecular flexibility index (Phi) is 7.62. The van der Waals surface area contributed by atoms with Crippen molar-refractivity contribution in [2.24, 2.45) is 0 Å². The Morgan fingerprint density at radius 1 is 1.11 bits per heavy atom. The normalized spacial score (nSPS) is 16.4. The molecule has 0 amide bonds. The standard InChI is InChI=1S/C14H25O3P/c1-3-11-16-18(15,17-12-4-2)13-10-14-8-6-5-7-9-14/h13H,3-9,11-12H2,1-2H3. The van der Waals surface area contributed by atoms with Gasteiger partial charge in [0.2, 0.25) is 0 Å². The van der Waals surface area contributed by atoms with Gasteiger partial charge in [0.15, 0.2) is 0 Å². The van der Waals surface area contributed by atoms with Gasteiger partial charge in [0.05, 0.1) is 19.0 Å². The Bertz CT molecular complexity index is 323. The summed E-state index contributed by atoms with van der Waals surface area (Å²) in [5.41, 5.74) is 4.41. The molecule has 18 heavy (non-hydrogen) atoms. The van der Waals surface area contributed by atoms with Crippen molar-refractivity contribution in [1.82, 2.24) is 0 Å². The first kappa shape index (κ1) is 15.7. The maximum atomic E-state index is 12.4. The Labute approximate surface area is 111 Å². The highest BCUT2D eigenvalue weighted by molar-refractivity contribution is 7.57. The molecular weight excluding hydrogens is 247 g/mol. The van der Waals surface area contributed by atoms with Crippen LogP contribution >= 0.6 is 7.60 Å². The van der Waals surface area contributed by atoms with Crippen LogP contribution < -0.4 is 0 Å². The molecule has 0 bridgehead atoms. The van der Waals surface area contributed by atoms with Gasteiger partial charge >= 0.3 is 7.60 Å². The highest BCUT2D eigenvalue weighted by atomic mass is 31.2. The molecular formula is C14H25O3P.